The second-order valence-electron chi connectivity index (χ2n) is 6.61. The number of nitrogens with zero attached hydrogens (tertiary/aromatic N) is 2. The molecule has 0 aliphatic rings. The van der Waals surface area contributed by atoms with E-state index in [1.54, 1.807) is 24.3 Å². The number of benzene rings is 3. The van der Waals surface area contributed by atoms with Crippen molar-refractivity contribution in [1.82, 2.24) is 4.98 Å². The highest BCUT2D eigenvalue weighted by molar-refractivity contribution is 5.92. The molecule has 1 heterocycles. The Balaban J connectivity index is 1.42. The largest absolute Gasteiger partial charge is 0.483 e. The van der Waals surface area contributed by atoms with Crippen molar-refractivity contribution in [2.24, 2.45) is 0 Å². The summed E-state index contributed by atoms with van der Waals surface area (Å²) in [5.74, 6) is 0.727. The molecule has 0 fully saturated rings. The van der Waals surface area contributed by atoms with Crippen LogP contribution in [0.5, 0.6) is 5.75 Å². The summed E-state index contributed by atoms with van der Waals surface area (Å²) in [4.78, 5) is 26.9. The molecule has 0 aliphatic heterocycles. The third-order valence-corrected chi connectivity index (χ3v) is 4.45. The Kier molecular flexibility index (Phi) is 5.13. The summed E-state index contributed by atoms with van der Waals surface area (Å²) in [7, 11) is 0. The minimum absolute atomic E-state index is 0.0478. The Bertz CT molecular complexity index is 1230. The summed E-state index contributed by atoms with van der Waals surface area (Å²) in [5, 5.41) is 13.7. The second kappa shape index (κ2) is 8.04. The van der Waals surface area contributed by atoms with Gasteiger partial charge in [-0.1, -0.05) is 18.2 Å². The summed E-state index contributed by atoms with van der Waals surface area (Å²) < 4.78 is 11.2. The number of aromatic nitrogens is 1. The summed E-state index contributed by atoms with van der Waals surface area (Å²) in [6.45, 7) is 1.81. The van der Waals surface area contributed by atoms with Crippen LogP contribution in [0.25, 0.3) is 22.6 Å². The summed E-state index contributed by atoms with van der Waals surface area (Å²) in [6.07, 6.45) is 0. The molecule has 0 saturated carbocycles. The topological polar surface area (TPSA) is 108 Å². The molecule has 1 aromatic heterocycles. The molecule has 8 nitrogen and oxygen atoms in total. The van der Waals surface area contributed by atoms with Crippen LogP contribution < -0.4 is 10.1 Å². The van der Waals surface area contributed by atoms with Crippen molar-refractivity contribution in [1.29, 1.82) is 0 Å². The molecular weight excluding hydrogens is 386 g/mol. The van der Waals surface area contributed by atoms with Crippen LogP contribution in [0, 0.1) is 17.0 Å². The Morgan fingerprint density at radius 1 is 1.13 bits per heavy atom. The molecule has 0 atom stereocenters. The minimum atomic E-state index is -0.478. The normalized spacial score (nSPS) is 10.7. The fraction of sp³-hybridized carbons (Fsp3) is 0.0909. The maximum absolute atomic E-state index is 12.1. The van der Waals surface area contributed by atoms with Crippen molar-refractivity contribution in [3.05, 3.63) is 82.4 Å². The number of aryl methyl sites for hydroxylation is 1. The first-order valence-corrected chi connectivity index (χ1v) is 9.13. The third kappa shape index (κ3) is 4.12. The van der Waals surface area contributed by atoms with E-state index in [0.29, 0.717) is 34.0 Å². The van der Waals surface area contributed by atoms with Crippen LogP contribution in [0.1, 0.15) is 5.56 Å². The predicted octanol–water partition coefficient (Wildman–Crippen LogP) is 4.73. The van der Waals surface area contributed by atoms with Gasteiger partial charge in [0.2, 0.25) is 5.89 Å². The molecule has 30 heavy (non-hydrogen) atoms. The van der Waals surface area contributed by atoms with Gasteiger partial charge in [0.05, 0.1) is 4.92 Å². The molecule has 4 aromatic rings. The van der Waals surface area contributed by atoms with Gasteiger partial charge in [-0.2, -0.15) is 0 Å². The lowest BCUT2D eigenvalue weighted by Crippen LogP contribution is -2.20. The molecule has 4 rings (SSSR count). The average Bonchev–Trinajstić information content (AvgIpc) is 3.17. The fourth-order valence-electron chi connectivity index (χ4n) is 2.91. The van der Waals surface area contributed by atoms with E-state index in [4.69, 9.17) is 9.15 Å². The molecule has 8 heteroatoms. The number of carbonyl (C=O) groups excluding carboxylic acids is 1. The monoisotopic (exact) mass is 403 g/mol. The first-order chi connectivity index (χ1) is 14.5. The predicted molar refractivity (Wildman–Crippen MR) is 111 cm³/mol. The molecule has 0 spiro atoms. The highest BCUT2D eigenvalue weighted by Crippen LogP contribution is 2.27. The van der Waals surface area contributed by atoms with E-state index in [1.165, 1.54) is 18.2 Å². The highest BCUT2D eigenvalue weighted by atomic mass is 16.6. The zero-order chi connectivity index (χ0) is 21.1. The first kappa shape index (κ1) is 19.1. The van der Waals surface area contributed by atoms with Gasteiger partial charge in [0.25, 0.3) is 11.6 Å². The van der Waals surface area contributed by atoms with E-state index >= 15 is 0 Å². The van der Waals surface area contributed by atoms with Crippen molar-refractivity contribution in [3.63, 3.8) is 0 Å². The molecule has 0 bridgehead atoms. The van der Waals surface area contributed by atoms with E-state index in [9.17, 15) is 14.9 Å². The van der Waals surface area contributed by atoms with E-state index in [0.717, 1.165) is 5.56 Å². The Morgan fingerprint density at radius 3 is 2.63 bits per heavy atom. The zero-order valence-corrected chi connectivity index (χ0v) is 16.0. The van der Waals surface area contributed by atoms with E-state index in [1.807, 2.05) is 31.2 Å². The van der Waals surface area contributed by atoms with E-state index < -0.39 is 4.92 Å². The number of anilines is 1. The number of oxazole rings is 1. The Hall–Kier alpha value is -4.20. The van der Waals surface area contributed by atoms with Crippen LogP contribution in [0.3, 0.4) is 0 Å². The van der Waals surface area contributed by atoms with Gasteiger partial charge >= 0.3 is 0 Å². The third-order valence-electron chi connectivity index (χ3n) is 4.45. The molecule has 1 amide bonds. The summed E-state index contributed by atoms with van der Waals surface area (Å²) >= 11 is 0. The Labute approximate surface area is 171 Å². The quantitative estimate of drug-likeness (QED) is 0.368. The van der Waals surface area contributed by atoms with Crippen molar-refractivity contribution in [3.8, 4) is 17.2 Å². The molecule has 150 valence electrons. The highest BCUT2D eigenvalue weighted by Gasteiger charge is 2.13. The fourth-order valence-corrected chi connectivity index (χ4v) is 2.91. The zero-order valence-electron chi connectivity index (χ0n) is 16.0. The number of carbonyl (C=O) groups is 1. The minimum Gasteiger partial charge on any atom is -0.483 e. The smallest absolute Gasteiger partial charge is 0.271 e. The van der Waals surface area contributed by atoms with Crippen LogP contribution in [0.2, 0.25) is 0 Å². The lowest BCUT2D eigenvalue weighted by Gasteiger charge is -2.09. The number of hydrogen-bond donors (Lipinski definition) is 1. The number of rotatable bonds is 6. The molecule has 3 aromatic carbocycles. The van der Waals surface area contributed by atoms with Crippen molar-refractivity contribution >= 4 is 28.4 Å². The number of ether oxygens (including phenoxy) is 1. The standard InChI is InChI=1S/C22H17N3O5/c1-14-4-2-3-5-19(14)29-13-21(26)23-16-8-6-15(7-9-16)22-24-18-12-17(25(27)28)10-11-20(18)30-22/h2-12H,13H2,1H3,(H,23,26). The van der Waals surface area contributed by atoms with Crippen LogP contribution in [0.4, 0.5) is 11.4 Å². The van der Waals surface area contributed by atoms with Crippen LogP contribution in [-0.4, -0.2) is 22.4 Å². The maximum Gasteiger partial charge on any atom is 0.271 e. The molecule has 0 unspecified atom stereocenters. The molecule has 0 aliphatic carbocycles. The number of nitrogens with one attached hydrogen (secondary N) is 1. The van der Waals surface area contributed by atoms with E-state index in [2.05, 4.69) is 10.3 Å². The van der Waals surface area contributed by atoms with Gasteiger partial charge < -0.3 is 14.5 Å². The van der Waals surface area contributed by atoms with Gasteiger partial charge in [0, 0.05) is 23.4 Å². The number of nitro groups is 1. The van der Waals surface area contributed by atoms with Crippen LogP contribution in [0.15, 0.2) is 71.1 Å². The molecular formula is C22H17N3O5. The Morgan fingerprint density at radius 2 is 1.90 bits per heavy atom. The van der Waals surface area contributed by atoms with Gasteiger partial charge in [-0.3, -0.25) is 14.9 Å². The number of para-hydroxylation sites is 1. The molecule has 0 saturated heterocycles. The summed E-state index contributed by atoms with van der Waals surface area (Å²) in [5.41, 5.74) is 3.06. The summed E-state index contributed by atoms with van der Waals surface area (Å²) in [6, 6.07) is 18.7. The van der Waals surface area contributed by atoms with E-state index in [-0.39, 0.29) is 18.2 Å². The average molecular weight is 403 g/mol. The number of non-ortho nitro benzene ring substituents is 1. The van der Waals surface area contributed by atoms with Gasteiger partial charge in [-0.15, -0.1) is 0 Å². The van der Waals surface area contributed by atoms with Crippen LogP contribution >= 0.6 is 0 Å². The number of fused-ring (bicyclic) bond motifs is 1. The van der Waals surface area contributed by atoms with Gasteiger partial charge in [0.15, 0.2) is 12.2 Å². The van der Waals surface area contributed by atoms with Crippen LogP contribution in [-0.2, 0) is 4.79 Å². The van der Waals surface area contributed by atoms with Crippen molar-refractivity contribution in [2.45, 2.75) is 6.92 Å². The SMILES string of the molecule is Cc1ccccc1OCC(=O)Nc1ccc(-c2nc3cc([N+](=O)[O-])ccc3o2)cc1. The number of nitro benzene ring substituents is 1. The van der Waals surface area contributed by atoms with Gasteiger partial charge in [0.1, 0.15) is 11.3 Å². The van der Waals surface area contributed by atoms with Gasteiger partial charge in [-0.25, -0.2) is 4.98 Å². The molecule has 0 radical (unpaired) electrons. The first-order valence-electron chi connectivity index (χ1n) is 9.13. The van der Waals surface area contributed by atoms with Crippen molar-refractivity contribution < 1.29 is 18.9 Å². The molecule has 1 N–H and O–H groups in total. The maximum atomic E-state index is 12.1. The number of hydrogen-bond acceptors (Lipinski definition) is 6. The lowest BCUT2D eigenvalue weighted by molar-refractivity contribution is -0.384. The second-order valence-corrected chi connectivity index (χ2v) is 6.61. The number of amides is 1. The van der Waals surface area contributed by atoms with Crippen molar-refractivity contribution in [2.75, 3.05) is 11.9 Å². The lowest BCUT2D eigenvalue weighted by atomic mass is 10.2. The van der Waals surface area contributed by atoms with Gasteiger partial charge in [-0.05, 0) is 48.9 Å².